The van der Waals surface area contributed by atoms with Gasteiger partial charge in [-0.05, 0) is 30.9 Å². The first-order chi connectivity index (χ1) is 9.20. The highest BCUT2D eigenvalue weighted by molar-refractivity contribution is 5.94. The van der Waals surface area contributed by atoms with E-state index in [-0.39, 0.29) is 19.1 Å². The van der Waals surface area contributed by atoms with Gasteiger partial charge in [0.1, 0.15) is 5.82 Å². The molecule has 2 heterocycles. The number of carbonyl (C=O) groups excluding carboxylic acids is 1. The van der Waals surface area contributed by atoms with Gasteiger partial charge in [-0.3, -0.25) is 4.79 Å². The van der Waals surface area contributed by atoms with Crippen LogP contribution in [0, 0.1) is 5.92 Å². The van der Waals surface area contributed by atoms with E-state index in [2.05, 4.69) is 22.1 Å². The molecule has 104 valence electrons. The third-order valence-corrected chi connectivity index (χ3v) is 3.52. The van der Waals surface area contributed by atoms with Crippen LogP contribution in [0.4, 0.5) is 5.82 Å². The Morgan fingerprint density at radius 1 is 1.47 bits per heavy atom. The quantitative estimate of drug-likeness (QED) is 0.852. The van der Waals surface area contributed by atoms with Crippen molar-refractivity contribution < 1.29 is 9.90 Å². The standard InChI is InChI=1S/C14H21N3O2/c1-11-4-7-17(8-5-11)13-3-2-12(10-16-13)14(19)15-6-9-18/h2-3,10-11,18H,4-9H2,1H3,(H,15,19). The van der Waals surface area contributed by atoms with Crippen molar-refractivity contribution in [1.29, 1.82) is 0 Å². The SMILES string of the molecule is CC1CCN(c2ccc(C(=O)NCCO)cn2)CC1. The fourth-order valence-electron chi connectivity index (χ4n) is 2.22. The maximum absolute atomic E-state index is 11.7. The Bertz CT molecular complexity index is 411. The predicted octanol–water partition coefficient (Wildman–Crippen LogP) is 1.04. The number of piperidine rings is 1. The Kier molecular flexibility index (Phi) is 4.74. The van der Waals surface area contributed by atoms with Gasteiger partial charge in [0.15, 0.2) is 0 Å². The van der Waals surface area contributed by atoms with E-state index in [4.69, 9.17) is 5.11 Å². The van der Waals surface area contributed by atoms with Crippen molar-refractivity contribution in [1.82, 2.24) is 10.3 Å². The monoisotopic (exact) mass is 263 g/mol. The van der Waals surface area contributed by atoms with Crippen LogP contribution in [0.1, 0.15) is 30.1 Å². The third-order valence-electron chi connectivity index (χ3n) is 3.52. The summed E-state index contributed by atoms with van der Waals surface area (Å²) in [5, 5.41) is 11.3. The number of aromatic nitrogens is 1. The van der Waals surface area contributed by atoms with Crippen molar-refractivity contribution in [3.05, 3.63) is 23.9 Å². The number of hydrogen-bond donors (Lipinski definition) is 2. The second-order valence-corrected chi connectivity index (χ2v) is 5.05. The number of nitrogens with one attached hydrogen (secondary N) is 1. The summed E-state index contributed by atoms with van der Waals surface area (Å²) in [6.07, 6.45) is 3.99. The molecule has 0 aliphatic carbocycles. The van der Waals surface area contributed by atoms with Crippen LogP contribution in [0.3, 0.4) is 0 Å². The highest BCUT2D eigenvalue weighted by atomic mass is 16.3. The van der Waals surface area contributed by atoms with Crippen LogP contribution in [-0.2, 0) is 0 Å². The highest BCUT2D eigenvalue weighted by Crippen LogP contribution is 2.21. The van der Waals surface area contributed by atoms with Gasteiger partial charge in [-0.2, -0.15) is 0 Å². The Morgan fingerprint density at radius 2 is 2.21 bits per heavy atom. The Labute approximate surface area is 113 Å². The van der Waals surface area contributed by atoms with Crippen LogP contribution in [0.25, 0.3) is 0 Å². The summed E-state index contributed by atoms with van der Waals surface area (Å²) in [5.41, 5.74) is 0.530. The molecule has 2 N–H and O–H groups in total. The summed E-state index contributed by atoms with van der Waals surface area (Å²) in [4.78, 5) is 18.3. The fraction of sp³-hybridized carbons (Fsp3) is 0.571. The highest BCUT2D eigenvalue weighted by Gasteiger charge is 2.17. The molecule has 0 unspecified atom stereocenters. The largest absolute Gasteiger partial charge is 0.395 e. The molecule has 0 aromatic carbocycles. The van der Waals surface area contributed by atoms with Gasteiger partial charge in [0, 0.05) is 25.8 Å². The maximum atomic E-state index is 11.7. The second-order valence-electron chi connectivity index (χ2n) is 5.05. The minimum atomic E-state index is -0.194. The van der Waals surface area contributed by atoms with Crippen molar-refractivity contribution in [3.63, 3.8) is 0 Å². The Balaban J connectivity index is 1.96. The smallest absolute Gasteiger partial charge is 0.252 e. The van der Waals surface area contributed by atoms with E-state index in [0.29, 0.717) is 5.56 Å². The molecular weight excluding hydrogens is 242 g/mol. The summed E-state index contributed by atoms with van der Waals surface area (Å²) in [6.45, 7) is 4.56. The van der Waals surface area contributed by atoms with E-state index < -0.39 is 0 Å². The first-order valence-electron chi connectivity index (χ1n) is 6.80. The first-order valence-corrected chi connectivity index (χ1v) is 6.80. The second kappa shape index (κ2) is 6.52. The zero-order valence-electron chi connectivity index (χ0n) is 11.3. The van der Waals surface area contributed by atoms with Gasteiger partial charge in [0.05, 0.1) is 12.2 Å². The minimum absolute atomic E-state index is 0.0524. The van der Waals surface area contributed by atoms with Gasteiger partial charge in [-0.1, -0.05) is 6.92 Å². The molecule has 1 aliphatic rings. The summed E-state index contributed by atoms with van der Waals surface area (Å²) in [7, 11) is 0. The molecule has 5 nitrogen and oxygen atoms in total. The number of aliphatic hydroxyl groups is 1. The summed E-state index contributed by atoms with van der Waals surface area (Å²) >= 11 is 0. The van der Waals surface area contributed by atoms with Crippen molar-refractivity contribution in [2.24, 2.45) is 5.92 Å². The van der Waals surface area contributed by atoms with E-state index in [0.717, 1.165) is 24.8 Å². The van der Waals surface area contributed by atoms with Crippen LogP contribution in [0.2, 0.25) is 0 Å². The number of hydrogen-bond acceptors (Lipinski definition) is 4. The molecule has 1 amide bonds. The maximum Gasteiger partial charge on any atom is 0.252 e. The lowest BCUT2D eigenvalue weighted by Crippen LogP contribution is -2.33. The van der Waals surface area contributed by atoms with Crippen LogP contribution in [0.15, 0.2) is 18.3 Å². The molecule has 19 heavy (non-hydrogen) atoms. The number of rotatable bonds is 4. The van der Waals surface area contributed by atoms with Crippen LogP contribution >= 0.6 is 0 Å². The molecule has 1 aliphatic heterocycles. The van der Waals surface area contributed by atoms with Crippen LogP contribution in [0.5, 0.6) is 0 Å². The zero-order valence-corrected chi connectivity index (χ0v) is 11.3. The topological polar surface area (TPSA) is 65.5 Å². The van der Waals surface area contributed by atoms with E-state index in [1.165, 1.54) is 12.8 Å². The minimum Gasteiger partial charge on any atom is -0.395 e. The van der Waals surface area contributed by atoms with Crippen molar-refractivity contribution in [3.8, 4) is 0 Å². The lowest BCUT2D eigenvalue weighted by molar-refractivity contribution is 0.0944. The van der Waals surface area contributed by atoms with E-state index in [1.54, 1.807) is 12.3 Å². The number of amides is 1. The molecule has 0 atom stereocenters. The molecular formula is C14H21N3O2. The van der Waals surface area contributed by atoms with Gasteiger partial charge >= 0.3 is 0 Å². The van der Waals surface area contributed by atoms with Gasteiger partial charge in [0.2, 0.25) is 0 Å². The molecule has 0 saturated carbocycles. The lowest BCUT2D eigenvalue weighted by Gasteiger charge is -2.31. The lowest BCUT2D eigenvalue weighted by atomic mass is 9.99. The number of pyridine rings is 1. The number of nitrogens with zero attached hydrogens (tertiary/aromatic N) is 2. The Morgan fingerprint density at radius 3 is 2.79 bits per heavy atom. The first kappa shape index (κ1) is 13.8. The molecule has 0 spiro atoms. The Hall–Kier alpha value is -1.62. The normalized spacial score (nSPS) is 16.4. The van der Waals surface area contributed by atoms with E-state index >= 15 is 0 Å². The summed E-state index contributed by atoms with van der Waals surface area (Å²) in [6, 6.07) is 3.68. The third kappa shape index (κ3) is 3.67. The molecule has 2 rings (SSSR count). The molecule has 1 saturated heterocycles. The fourth-order valence-corrected chi connectivity index (χ4v) is 2.22. The van der Waals surface area contributed by atoms with E-state index in [1.807, 2.05) is 6.07 Å². The van der Waals surface area contributed by atoms with Crippen LogP contribution < -0.4 is 10.2 Å². The van der Waals surface area contributed by atoms with Gasteiger partial charge < -0.3 is 15.3 Å². The molecule has 1 aromatic rings. The predicted molar refractivity (Wildman–Crippen MR) is 74.3 cm³/mol. The van der Waals surface area contributed by atoms with Crippen molar-refractivity contribution in [2.75, 3.05) is 31.1 Å². The molecule has 1 aromatic heterocycles. The zero-order chi connectivity index (χ0) is 13.7. The van der Waals surface area contributed by atoms with Crippen molar-refractivity contribution in [2.45, 2.75) is 19.8 Å². The van der Waals surface area contributed by atoms with E-state index in [9.17, 15) is 4.79 Å². The summed E-state index contributed by atoms with van der Waals surface area (Å²) < 4.78 is 0. The molecule has 5 heteroatoms. The number of anilines is 1. The molecule has 0 bridgehead atoms. The van der Waals surface area contributed by atoms with Gasteiger partial charge in [0.25, 0.3) is 5.91 Å². The molecule has 0 radical (unpaired) electrons. The average Bonchev–Trinajstić information content (AvgIpc) is 2.46. The molecule has 1 fully saturated rings. The number of carbonyl (C=O) groups is 1. The van der Waals surface area contributed by atoms with Gasteiger partial charge in [-0.25, -0.2) is 4.98 Å². The van der Waals surface area contributed by atoms with Gasteiger partial charge in [-0.15, -0.1) is 0 Å². The average molecular weight is 263 g/mol. The van der Waals surface area contributed by atoms with Crippen LogP contribution in [-0.4, -0.2) is 42.2 Å². The van der Waals surface area contributed by atoms with Crippen molar-refractivity contribution >= 4 is 11.7 Å². The summed E-state index contributed by atoms with van der Waals surface area (Å²) in [5.74, 6) is 1.53. The number of aliphatic hydroxyl groups excluding tert-OH is 1.